The first-order valence-corrected chi connectivity index (χ1v) is 12.5. The van der Waals surface area contributed by atoms with Crippen LogP contribution in [0.3, 0.4) is 0 Å². The van der Waals surface area contributed by atoms with Crippen molar-refractivity contribution in [3.8, 4) is 0 Å². The van der Waals surface area contributed by atoms with Gasteiger partial charge < -0.3 is 20.1 Å². The van der Waals surface area contributed by atoms with E-state index in [2.05, 4.69) is 10.6 Å². The molecule has 0 unspecified atom stereocenters. The van der Waals surface area contributed by atoms with E-state index in [0.717, 1.165) is 4.90 Å². The normalized spacial score (nSPS) is 12.8. The number of hydrogen-bond acceptors (Lipinski definition) is 8. The topological polar surface area (TPSA) is 131 Å². The zero-order chi connectivity index (χ0) is 28.8. The van der Waals surface area contributed by atoms with Gasteiger partial charge in [0.25, 0.3) is 11.8 Å². The number of nitrogens with one attached hydrogen (secondary N) is 2. The summed E-state index contributed by atoms with van der Waals surface area (Å²) in [5, 5.41) is 5.31. The SMILES string of the molecule is CCOC(=O)c1cccc(NC(=O)Cc2ccc(NC3=C(Cl)C(=O)N(c4cccc(C(=O)OC)c4)C3=O)cc2)c1. The van der Waals surface area contributed by atoms with Crippen molar-refractivity contribution in [1.82, 2.24) is 0 Å². The summed E-state index contributed by atoms with van der Waals surface area (Å²) >= 11 is 6.20. The fraction of sp³-hybridized carbons (Fsp3) is 0.138. The summed E-state index contributed by atoms with van der Waals surface area (Å²) in [6.45, 7) is 1.96. The molecule has 204 valence electrons. The number of hydrogen-bond donors (Lipinski definition) is 2. The number of ether oxygens (including phenoxy) is 2. The van der Waals surface area contributed by atoms with Gasteiger partial charge in [-0.2, -0.15) is 0 Å². The smallest absolute Gasteiger partial charge is 0.338 e. The summed E-state index contributed by atoms with van der Waals surface area (Å²) in [4.78, 5) is 63.0. The maximum absolute atomic E-state index is 13.1. The van der Waals surface area contributed by atoms with Gasteiger partial charge in [-0.15, -0.1) is 0 Å². The fourth-order valence-corrected chi connectivity index (χ4v) is 4.13. The number of methoxy groups -OCH3 is 1. The highest BCUT2D eigenvalue weighted by Crippen LogP contribution is 2.30. The molecule has 0 atom stereocenters. The van der Waals surface area contributed by atoms with Crippen molar-refractivity contribution in [2.75, 3.05) is 29.3 Å². The lowest BCUT2D eigenvalue weighted by Gasteiger charge is -2.16. The Hall–Kier alpha value is -4.96. The zero-order valence-electron chi connectivity index (χ0n) is 21.5. The van der Waals surface area contributed by atoms with Gasteiger partial charge in [0.05, 0.1) is 37.0 Å². The van der Waals surface area contributed by atoms with Crippen LogP contribution in [0.4, 0.5) is 17.1 Å². The van der Waals surface area contributed by atoms with Crippen molar-refractivity contribution in [2.24, 2.45) is 0 Å². The van der Waals surface area contributed by atoms with Gasteiger partial charge >= 0.3 is 11.9 Å². The van der Waals surface area contributed by atoms with E-state index in [9.17, 15) is 24.0 Å². The highest BCUT2D eigenvalue weighted by molar-refractivity contribution is 6.53. The number of esters is 2. The largest absolute Gasteiger partial charge is 0.465 e. The minimum atomic E-state index is -0.739. The molecule has 0 radical (unpaired) electrons. The van der Waals surface area contributed by atoms with Gasteiger partial charge in [0.15, 0.2) is 0 Å². The molecule has 40 heavy (non-hydrogen) atoms. The van der Waals surface area contributed by atoms with Crippen molar-refractivity contribution < 1.29 is 33.4 Å². The van der Waals surface area contributed by atoms with Gasteiger partial charge in [-0.3, -0.25) is 14.4 Å². The summed E-state index contributed by atoms with van der Waals surface area (Å²) in [6, 6.07) is 19.0. The van der Waals surface area contributed by atoms with Gasteiger partial charge in [-0.05, 0) is 61.0 Å². The number of rotatable bonds is 9. The first kappa shape index (κ1) is 28.1. The standard InChI is InChI=1S/C29H24ClN3O7/c1-3-40-29(38)18-6-4-8-21(15-18)31-23(34)14-17-10-12-20(13-11-17)32-25-24(30)26(35)33(27(25)36)22-9-5-7-19(16-22)28(37)39-2/h4-13,15-16,32H,3,14H2,1-2H3,(H,31,34). The van der Waals surface area contributed by atoms with Gasteiger partial charge in [0.2, 0.25) is 5.91 Å². The minimum absolute atomic E-state index is 0.0507. The monoisotopic (exact) mass is 561 g/mol. The third-order valence-corrected chi connectivity index (χ3v) is 6.15. The number of nitrogens with zero attached hydrogens (tertiary/aromatic N) is 1. The molecule has 0 fully saturated rings. The molecule has 1 heterocycles. The summed E-state index contributed by atoms with van der Waals surface area (Å²) < 4.78 is 9.67. The Morgan fingerprint density at radius 2 is 1.52 bits per heavy atom. The van der Waals surface area contributed by atoms with Crippen LogP contribution in [0.25, 0.3) is 0 Å². The Bertz CT molecular complexity index is 1530. The quantitative estimate of drug-likeness (QED) is 0.292. The Balaban J connectivity index is 1.40. The summed E-state index contributed by atoms with van der Waals surface area (Å²) in [7, 11) is 1.23. The molecule has 0 aromatic heterocycles. The molecule has 0 saturated carbocycles. The molecule has 3 aromatic rings. The number of carbonyl (C=O) groups excluding carboxylic acids is 5. The highest BCUT2D eigenvalue weighted by Gasteiger charge is 2.39. The van der Waals surface area contributed by atoms with E-state index in [1.165, 1.54) is 37.4 Å². The summed E-state index contributed by atoms with van der Waals surface area (Å²) in [5.74, 6) is -2.81. The molecular formula is C29H24ClN3O7. The van der Waals surface area contributed by atoms with E-state index in [4.69, 9.17) is 21.1 Å². The van der Waals surface area contributed by atoms with Crippen LogP contribution in [0.5, 0.6) is 0 Å². The fourth-order valence-electron chi connectivity index (χ4n) is 3.91. The van der Waals surface area contributed by atoms with Crippen LogP contribution in [0.1, 0.15) is 33.2 Å². The van der Waals surface area contributed by atoms with Crippen LogP contribution in [0, 0.1) is 0 Å². The van der Waals surface area contributed by atoms with Crippen LogP contribution in [-0.2, 0) is 30.3 Å². The third kappa shape index (κ3) is 6.19. The van der Waals surface area contributed by atoms with Crippen LogP contribution >= 0.6 is 11.6 Å². The van der Waals surface area contributed by atoms with Crippen LogP contribution in [0.15, 0.2) is 83.5 Å². The number of halogens is 1. The minimum Gasteiger partial charge on any atom is -0.465 e. The lowest BCUT2D eigenvalue weighted by Crippen LogP contribution is -2.32. The molecule has 0 bridgehead atoms. The molecule has 1 aliphatic heterocycles. The molecule has 0 saturated heterocycles. The Morgan fingerprint density at radius 1 is 0.850 bits per heavy atom. The van der Waals surface area contributed by atoms with Crippen molar-refractivity contribution in [3.05, 3.63) is 100 Å². The summed E-state index contributed by atoms with van der Waals surface area (Å²) in [6.07, 6.45) is 0.0507. The number of benzene rings is 3. The number of imide groups is 1. The van der Waals surface area contributed by atoms with Crippen molar-refractivity contribution in [2.45, 2.75) is 13.3 Å². The van der Waals surface area contributed by atoms with Gasteiger partial charge in [0.1, 0.15) is 10.7 Å². The van der Waals surface area contributed by atoms with Crippen molar-refractivity contribution in [3.63, 3.8) is 0 Å². The van der Waals surface area contributed by atoms with E-state index in [1.807, 2.05) is 0 Å². The average molecular weight is 562 g/mol. The van der Waals surface area contributed by atoms with Gasteiger partial charge in [0, 0.05) is 11.4 Å². The Morgan fingerprint density at radius 3 is 2.20 bits per heavy atom. The molecule has 0 spiro atoms. The zero-order valence-corrected chi connectivity index (χ0v) is 22.3. The predicted molar refractivity (Wildman–Crippen MR) is 148 cm³/mol. The first-order chi connectivity index (χ1) is 19.2. The molecule has 1 aliphatic rings. The maximum atomic E-state index is 13.1. The molecule has 2 N–H and O–H groups in total. The van der Waals surface area contributed by atoms with E-state index in [0.29, 0.717) is 22.5 Å². The molecule has 11 heteroatoms. The lowest BCUT2D eigenvalue weighted by molar-refractivity contribution is -0.120. The second-order valence-corrected chi connectivity index (χ2v) is 8.90. The van der Waals surface area contributed by atoms with E-state index >= 15 is 0 Å². The van der Waals surface area contributed by atoms with Crippen LogP contribution in [0.2, 0.25) is 0 Å². The lowest BCUT2D eigenvalue weighted by atomic mass is 10.1. The average Bonchev–Trinajstić information content (AvgIpc) is 3.16. The second kappa shape index (κ2) is 12.3. The van der Waals surface area contributed by atoms with Gasteiger partial charge in [-0.1, -0.05) is 35.9 Å². The molecule has 0 aliphatic carbocycles. The summed E-state index contributed by atoms with van der Waals surface area (Å²) in [5.41, 5.74) is 2.15. The van der Waals surface area contributed by atoms with E-state index < -0.39 is 23.8 Å². The Labute approximate surface area is 234 Å². The van der Waals surface area contributed by atoms with Crippen molar-refractivity contribution in [1.29, 1.82) is 0 Å². The molecular weight excluding hydrogens is 538 g/mol. The second-order valence-electron chi connectivity index (χ2n) is 8.52. The van der Waals surface area contributed by atoms with Crippen LogP contribution in [-0.4, -0.2) is 43.4 Å². The molecule has 10 nitrogen and oxygen atoms in total. The first-order valence-electron chi connectivity index (χ1n) is 12.1. The highest BCUT2D eigenvalue weighted by atomic mass is 35.5. The van der Waals surface area contributed by atoms with Gasteiger partial charge in [-0.25, -0.2) is 14.5 Å². The maximum Gasteiger partial charge on any atom is 0.338 e. The number of anilines is 3. The number of amides is 3. The number of carbonyl (C=O) groups is 5. The Kier molecular flexibility index (Phi) is 8.60. The molecule has 3 aromatic carbocycles. The van der Waals surface area contributed by atoms with Crippen molar-refractivity contribution >= 4 is 58.3 Å². The third-order valence-electron chi connectivity index (χ3n) is 5.80. The molecule has 3 amide bonds. The van der Waals surface area contributed by atoms with E-state index in [1.54, 1.807) is 49.4 Å². The van der Waals surface area contributed by atoms with Crippen LogP contribution < -0.4 is 15.5 Å². The van der Waals surface area contributed by atoms with E-state index in [-0.39, 0.29) is 40.9 Å². The molecule has 4 rings (SSSR count). The predicted octanol–water partition coefficient (Wildman–Crippen LogP) is 4.27.